The normalized spacial score (nSPS) is 13.9. The second kappa shape index (κ2) is 79.2. The number of hydrogen-bond acceptors (Lipinski definition) is 15. The second-order valence-electron chi connectivity index (χ2n) is 31.1. The van der Waals surface area contributed by atoms with Gasteiger partial charge in [-0.15, -0.1) is 0 Å². The van der Waals surface area contributed by atoms with Crippen molar-refractivity contribution in [2.45, 2.75) is 464 Å². The maximum atomic E-state index is 13.2. The summed E-state index contributed by atoms with van der Waals surface area (Å²) in [5, 5.41) is 10.7. The number of unbranched alkanes of at least 4 members (excludes halogenated alkanes) is 54. The number of aliphatic hydroxyl groups excluding tert-OH is 1. The molecule has 19 heteroatoms. The molecule has 0 spiro atoms. The number of ether oxygens (including phenoxy) is 4. The first kappa shape index (κ1) is 104. The van der Waals surface area contributed by atoms with Crippen LogP contribution in [0.2, 0.25) is 0 Å². The fourth-order valence-electron chi connectivity index (χ4n) is 13.1. The molecule has 2 unspecified atom stereocenters. The van der Waals surface area contributed by atoms with Gasteiger partial charge in [0.2, 0.25) is 0 Å². The monoisotopic (exact) mass is 1550 g/mol. The largest absolute Gasteiger partial charge is 0.472 e. The lowest BCUT2D eigenvalue weighted by Gasteiger charge is -2.21. The molecule has 0 heterocycles. The molecule has 0 aliphatic rings. The maximum Gasteiger partial charge on any atom is 0.472 e. The third-order valence-electron chi connectivity index (χ3n) is 19.9. The average Bonchev–Trinajstić information content (AvgIpc) is 0.907. The van der Waals surface area contributed by atoms with Gasteiger partial charge in [-0.1, -0.05) is 393 Å². The highest BCUT2D eigenvalue weighted by atomic mass is 31.2. The van der Waals surface area contributed by atoms with Gasteiger partial charge in [0.15, 0.2) is 12.2 Å². The van der Waals surface area contributed by atoms with Crippen LogP contribution >= 0.6 is 15.6 Å². The molecule has 0 aliphatic heterocycles. The molecular formula is C87H166O17P2. The van der Waals surface area contributed by atoms with Gasteiger partial charge in [0.25, 0.3) is 0 Å². The van der Waals surface area contributed by atoms with Gasteiger partial charge in [-0.25, -0.2) is 9.13 Å². The predicted molar refractivity (Wildman–Crippen MR) is 437 cm³/mol. The summed E-state index contributed by atoms with van der Waals surface area (Å²) in [7, 11) is -9.94. The summed E-state index contributed by atoms with van der Waals surface area (Å²) in [4.78, 5) is 73.2. The Morgan fingerprint density at radius 2 is 0.509 bits per heavy atom. The standard InChI is InChI=1S/C87H166O17P2/c1-6-9-12-15-18-21-24-27-30-32-33-34-35-36-38-41-44-47-52-58-63-68-73-87(92)103-82(76-97-84(89)70-65-60-55-50-45-42-40-37-31-28-25-22-19-16-13-10-7-2)78-101-105(93,94)99-74-81(88)75-100-106(95,96)102-79-83(77-98-85(90)71-66-61-56-53-48-49-54-59-64-69-80(4)5)104-86(91)72-67-62-57-51-46-43-39-29-26-23-20-17-14-11-8-3/h23,26,29,39,80-83,88H,6-22,24-25,27-28,30-38,40-79H2,1-5H3,(H,93,94)(H,95,96)/b26-23-,39-29-/t81-,82-,83-/m1/s1. The molecule has 0 bridgehead atoms. The van der Waals surface area contributed by atoms with Crippen LogP contribution in [0.4, 0.5) is 0 Å². The first-order chi connectivity index (χ1) is 51.5. The number of allylic oxidation sites excluding steroid dienone is 4. The highest BCUT2D eigenvalue weighted by Crippen LogP contribution is 2.45. The van der Waals surface area contributed by atoms with Crippen molar-refractivity contribution in [3.05, 3.63) is 24.3 Å². The van der Waals surface area contributed by atoms with Gasteiger partial charge in [-0.3, -0.25) is 37.3 Å². The number of esters is 4. The van der Waals surface area contributed by atoms with Crippen LogP contribution in [-0.4, -0.2) is 96.7 Å². The summed E-state index contributed by atoms with van der Waals surface area (Å²) in [5.41, 5.74) is 0. The molecule has 0 fully saturated rings. The quantitative estimate of drug-likeness (QED) is 0.0169. The van der Waals surface area contributed by atoms with Crippen LogP contribution in [0.3, 0.4) is 0 Å². The zero-order chi connectivity index (χ0) is 77.6. The highest BCUT2D eigenvalue weighted by molar-refractivity contribution is 7.47. The van der Waals surface area contributed by atoms with Crippen LogP contribution in [0, 0.1) is 5.92 Å². The van der Waals surface area contributed by atoms with Gasteiger partial charge in [0.05, 0.1) is 26.4 Å². The van der Waals surface area contributed by atoms with E-state index in [1.165, 1.54) is 257 Å². The van der Waals surface area contributed by atoms with Crippen molar-refractivity contribution in [1.82, 2.24) is 0 Å². The van der Waals surface area contributed by atoms with Gasteiger partial charge in [-0.2, -0.15) is 0 Å². The molecule has 0 aromatic heterocycles. The Kier molecular flexibility index (Phi) is 77.4. The van der Waals surface area contributed by atoms with E-state index in [1.54, 1.807) is 0 Å². The van der Waals surface area contributed by atoms with E-state index in [0.717, 1.165) is 109 Å². The van der Waals surface area contributed by atoms with Crippen molar-refractivity contribution < 1.29 is 80.2 Å². The van der Waals surface area contributed by atoms with Gasteiger partial charge < -0.3 is 33.8 Å². The van der Waals surface area contributed by atoms with Crippen LogP contribution in [0.1, 0.15) is 446 Å². The smallest absolute Gasteiger partial charge is 0.462 e. The Balaban J connectivity index is 5.27. The molecule has 106 heavy (non-hydrogen) atoms. The zero-order valence-corrected chi connectivity index (χ0v) is 70.9. The van der Waals surface area contributed by atoms with Gasteiger partial charge in [0, 0.05) is 25.7 Å². The number of aliphatic hydroxyl groups is 1. The van der Waals surface area contributed by atoms with Gasteiger partial charge in [0.1, 0.15) is 19.3 Å². The fourth-order valence-corrected chi connectivity index (χ4v) is 14.7. The van der Waals surface area contributed by atoms with Crippen molar-refractivity contribution in [2.24, 2.45) is 5.92 Å². The summed E-state index contributed by atoms with van der Waals surface area (Å²) in [6.07, 6.45) is 75.9. The third-order valence-corrected chi connectivity index (χ3v) is 21.8. The van der Waals surface area contributed by atoms with E-state index in [9.17, 15) is 43.2 Å². The SMILES string of the molecule is CCCCCC/C=C\C=C/CCCCCCCC(=O)O[C@H](COC(=O)CCCCCCCCCCCC(C)C)COP(=O)(O)OC[C@H](O)COP(=O)(O)OC[C@@H](COC(=O)CCCCCCCCCCCCCCCCCCC)OC(=O)CCCCCCCCCCCCCCCCCCCCCCCC. The fraction of sp³-hybridized carbons (Fsp3) is 0.908. The van der Waals surface area contributed by atoms with E-state index in [2.05, 4.69) is 58.9 Å². The molecule has 0 saturated carbocycles. The van der Waals surface area contributed by atoms with Gasteiger partial charge >= 0.3 is 39.5 Å². The van der Waals surface area contributed by atoms with E-state index >= 15 is 0 Å². The molecule has 0 aliphatic carbocycles. The summed E-state index contributed by atoms with van der Waals surface area (Å²) >= 11 is 0. The first-order valence-electron chi connectivity index (χ1n) is 44.5. The van der Waals surface area contributed by atoms with E-state index in [0.29, 0.717) is 25.7 Å². The predicted octanol–water partition coefficient (Wildman–Crippen LogP) is 26.3. The maximum absolute atomic E-state index is 13.2. The van der Waals surface area contributed by atoms with Crippen LogP contribution in [0.15, 0.2) is 24.3 Å². The summed E-state index contributed by atoms with van der Waals surface area (Å²) in [5.74, 6) is -1.39. The second-order valence-corrected chi connectivity index (χ2v) is 34.0. The number of carbonyl (C=O) groups excluding carboxylic acids is 4. The van der Waals surface area contributed by atoms with Crippen molar-refractivity contribution in [1.29, 1.82) is 0 Å². The van der Waals surface area contributed by atoms with Crippen molar-refractivity contribution in [3.8, 4) is 0 Å². The molecule has 626 valence electrons. The number of phosphoric acid groups is 2. The molecule has 0 saturated heterocycles. The minimum absolute atomic E-state index is 0.0852. The number of hydrogen-bond donors (Lipinski definition) is 3. The van der Waals surface area contributed by atoms with Crippen molar-refractivity contribution in [3.63, 3.8) is 0 Å². The minimum atomic E-state index is -4.97. The molecule has 0 aromatic rings. The Bertz CT molecular complexity index is 2110. The molecule has 0 radical (unpaired) electrons. The number of carbonyl (C=O) groups is 4. The Morgan fingerprint density at radius 1 is 0.292 bits per heavy atom. The van der Waals surface area contributed by atoms with E-state index in [1.807, 2.05) is 0 Å². The molecule has 0 aromatic carbocycles. The van der Waals surface area contributed by atoms with Crippen LogP contribution < -0.4 is 0 Å². The molecule has 5 atom stereocenters. The summed E-state index contributed by atoms with van der Waals surface area (Å²) in [6, 6.07) is 0. The number of phosphoric ester groups is 2. The topological polar surface area (TPSA) is 237 Å². The lowest BCUT2D eigenvalue weighted by atomic mass is 10.0. The van der Waals surface area contributed by atoms with Crippen molar-refractivity contribution in [2.75, 3.05) is 39.6 Å². The average molecular weight is 1550 g/mol. The molecule has 17 nitrogen and oxygen atoms in total. The van der Waals surface area contributed by atoms with E-state index < -0.39 is 97.5 Å². The number of rotatable bonds is 85. The molecule has 3 N–H and O–H groups in total. The van der Waals surface area contributed by atoms with Crippen LogP contribution in [0.25, 0.3) is 0 Å². The minimum Gasteiger partial charge on any atom is -0.462 e. The third kappa shape index (κ3) is 79.6. The van der Waals surface area contributed by atoms with Crippen LogP contribution in [0.5, 0.6) is 0 Å². The molecular weight excluding hydrogens is 1380 g/mol. The molecule has 0 amide bonds. The summed E-state index contributed by atoms with van der Waals surface area (Å²) in [6.45, 7) is 7.28. The zero-order valence-electron chi connectivity index (χ0n) is 69.1. The molecule has 0 rings (SSSR count). The lowest BCUT2D eigenvalue weighted by Crippen LogP contribution is -2.30. The highest BCUT2D eigenvalue weighted by Gasteiger charge is 2.30. The lowest BCUT2D eigenvalue weighted by molar-refractivity contribution is -0.161. The summed E-state index contributed by atoms with van der Waals surface area (Å²) < 4.78 is 68.9. The van der Waals surface area contributed by atoms with E-state index in [-0.39, 0.29) is 25.7 Å². The Morgan fingerprint density at radius 3 is 0.774 bits per heavy atom. The van der Waals surface area contributed by atoms with Crippen molar-refractivity contribution >= 4 is 39.5 Å². The first-order valence-corrected chi connectivity index (χ1v) is 47.4. The van der Waals surface area contributed by atoms with Crippen LogP contribution in [-0.2, 0) is 65.4 Å². The van der Waals surface area contributed by atoms with Gasteiger partial charge in [-0.05, 0) is 57.3 Å². The Hall–Kier alpha value is -2.46. The van der Waals surface area contributed by atoms with E-state index in [4.69, 9.17) is 37.0 Å². The Labute approximate surface area is 650 Å².